The minimum atomic E-state index is -3.84. The number of rotatable bonds is 7. The number of ether oxygens (including phenoxy) is 2. The number of hydrogen-bond donors (Lipinski definition) is 2. The van der Waals surface area contributed by atoms with Crippen LogP contribution in [0.25, 0.3) is 0 Å². The van der Waals surface area contributed by atoms with Crippen molar-refractivity contribution < 1.29 is 27.8 Å². The molecule has 0 aliphatic carbocycles. The molecule has 0 aromatic heterocycles. The van der Waals surface area contributed by atoms with Crippen LogP contribution in [0.15, 0.2) is 65.6 Å². The summed E-state index contributed by atoms with van der Waals surface area (Å²) in [5.41, 5.74) is 2.42. The van der Waals surface area contributed by atoms with Crippen LogP contribution in [0.5, 0.6) is 5.75 Å². The van der Waals surface area contributed by atoms with Crippen LogP contribution in [0.2, 0.25) is 0 Å². The van der Waals surface area contributed by atoms with Gasteiger partial charge in [0.25, 0.3) is 0 Å². The van der Waals surface area contributed by atoms with E-state index in [1.807, 2.05) is 23.1 Å². The first kappa shape index (κ1) is 23.4. The van der Waals surface area contributed by atoms with Gasteiger partial charge in [-0.3, -0.25) is 4.79 Å². The SMILES string of the molecule is COc1ccc(S(=O)(=O)N[C@@H]2C=C[C@H](CC(=O)N3CCc4ccccc4C3)O[C@H]2CO)cc1. The summed E-state index contributed by atoms with van der Waals surface area (Å²) >= 11 is 0. The summed E-state index contributed by atoms with van der Waals surface area (Å²) in [7, 11) is -2.33. The molecule has 0 radical (unpaired) electrons. The van der Waals surface area contributed by atoms with Crippen LogP contribution in [0, 0.1) is 0 Å². The molecule has 9 heteroatoms. The van der Waals surface area contributed by atoms with Gasteiger partial charge in [-0.2, -0.15) is 0 Å². The van der Waals surface area contributed by atoms with E-state index in [1.54, 1.807) is 24.3 Å². The van der Waals surface area contributed by atoms with Gasteiger partial charge in [-0.25, -0.2) is 13.1 Å². The Morgan fingerprint density at radius 2 is 1.88 bits per heavy atom. The Bertz CT molecular complexity index is 1120. The first-order valence-electron chi connectivity index (χ1n) is 10.8. The van der Waals surface area contributed by atoms with Gasteiger partial charge < -0.3 is 19.5 Å². The lowest BCUT2D eigenvalue weighted by atomic mass is 9.99. The van der Waals surface area contributed by atoms with Crippen molar-refractivity contribution >= 4 is 15.9 Å². The molecule has 1 amide bonds. The molecule has 8 nitrogen and oxygen atoms in total. The van der Waals surface area contributed by atoms with E-state index < -0.39 is 28.3 Å². The Morgan fingerprint density at radius 3 is 2.58 bits per heavy atom. The Hall–Kier alpha value is -2.72. The highest BCUT2D eigenvalue weighted by Crippen LogP contribution is 2.23. The highest BCUT2D eigenvalue weighted by molar-refractivity contribution is 7.89. The molecule has 2 N–H and O–H groups in total. The number of aliphatic hydroxyl groups is 1. The summed E-state index contributed by atoms with van der Waals surface area (Å²) in [6.45, 7) is 0.834. The molecular formula is C24H28N2O6S. The van der Waals surface area contributed by atoms with Crippen LogP contribution in [-0.2, 0) is 32.5 Å². The number of hydrogen-bond acceptors (Lipinski definition) is 6. The largest absolute Gasteiger partial charge is 0.497 e. The topological polar surface area (TPSA) is 105 Å². The zero-order valence-electron chi connectivity index (χ0n) is 18.4. The van der Waals surface area contributed by atoms with Crippen molar-refractivity contribution in [2.75, 3.05) is 20.3 Å². The van der Waals surface area contributed by atoms with Crippen LogP contribution in [-0.4, -0.2) is 62.8 Å². The highest BCUT2D eigenvalue weighted by Gasteiger charge is 2.32. The van der Waals surface area contributed by atoms with Crippen molar-refractivity contribution in [3.63, 3.8) is 0 Å². The quantitative estimate of drug-likeness (QED) is 0.594. The average Bonchev–Trinajstić information content (AvgIpc) is 2.84. The normalized spacial score (nSPS) is 22.6. The molecule has 0 fully saturated rings. The second-order valence-corrected chi connectivity index (χ2v) is 9.86. The maximum absolute atomic E-state index is 12.8. The minimum absolute atomic E-state index is 0.0342. The maximum atomic E-state index is 12.8. The average molecular weight is 473 g/mol. The third-order valence-electron chi connectivity index (χ3n) is 5.98. The lowest BCUT2D eigenvalue weighted by Gasteiger charge is -2.33. The van der Waals surface area contributed by atoms with Crippen molar-refractivity contribution in [2.24, 2.45) is 0 Å². The summed E-state index contributed by atoms with van der Waals surface area (Å²) in [5, 5.41) is 9.80. The van der Waals surface area contributed by atoms with Crippen LogP contribution >= 0.6 is 0 Å². The number of aliphatic hydroxyl groups excluding tert-OH is 1. The first-order valence-corrected chi connectivity index (χ1v) is 12.3. The molecule has 3 atom stereocenters. The summed E-state index contributed by atoms with van der Waals surface area (Å²) in [6.07, 6.45) is 2.94. The van der Waals surface area contributed by atoms with Gasteiger partial charge >= 0.3 is 0 Å². The standard InChI is InChI=1S/C24H28N2O6S/c1-31-19-6-9-21(10-7-19)33(29,30)25-22-11-8-20(32-23(22)16-27)14-24(28)26-13-12-17-4-2-3-5-18(17)15-26/h2-11,20,22-23,25,27H,12-16H2,1H3/t20-,22-,23+/m1/s1. The van der Waals surface area contributed by atoms with E-state index in [4.69, 9.17) is 9.47 Å². The van der Waals surface area contributed by atoms with Crippen LogP contribution in [0.1, 0.15) is 17.5 Å². The fourth-order valence-electron chi connectivity index (χ4n) is 4.12. The lowest BCUT2D eigenvalue weighted by Crippen LogP contribution is -2.49. The number of benzene rings is 2. The maximum Gasteiger partial charge on any atom is 0.241 e. The van der Waals surface area contributed by atoms with Crippen molar-refractivity contribution in [2.45, 2.75) is 42.5 Å². The zero-order chi connectivity index (χ0) is 23.4. The predicted octanol–water partition coefficient (Wildman–Crippen LogP) is 1.63. The van der Waals surface area contributed by atoms with Crippen LogP contribution < -0.4 is 9.46 Å². The van der Waals surface area contributed by atoms with Crippen molar-refractivity contribution in [1.82, 2.24) is 9.62 Å². The zero-order valence-corrected chi connectivity index (χ0v) is 19.2. The number of methoxy groups -OCH3 is 1. The van der Waals surface area contributed by atoms with E-state index in [-0.39, 0.29) is 23.8 Å². The lowest BCUT2D eigenvalue weighted by molar-refractivity contribution is -0.136. The van der Waals surface area contributed by atoms with Gasteiger partial charge in [0.05, 0.1) is 37.2 Å². The van der Waals surface area contributed by atoms with Crippen LogP contribution in [0.4, 0.5) is 0 Å². The number of fused-ring (bicyclic) bond motifs is 1. The van der Waals surface area contributed by atoms with Crippen molar-refractivity contribution in [3.05, 3.63) is 71.8 Å². The van der Waals surface area contributed by atoms with Gasteiger partial charge in [-0.1, -0.05) is 36.4 Å². The van der Waals surface area contributed by atoms with E-state index in [2.05, 4.69) is 10.8 Å². The van der Waals surface area contributed by atoms with Gasteiger partial charge in [0, 0.05) is 13.1 Å². The van der Waals surface area contributed by atoms with E-state index >= 15 is 0 Å². The number of carbonyl (C=O) groups is 1. The van der Waals surface area contributed by atoms with E-state index in [0.717, 1.165) is 12.0 Å². The number of carbonyl (C=O) groups excluding carboxylic acids is 1. The molecule has 0 saturated heterocycles. The van der Waals surface area contributed by atoms with Gasteiger partial charge in [0.15, 0.2) is 0 Å². The first-order chi connectivity index (χ1) is 15.9. The van der Waals surface area contributed by atoms with Gasteiger partial charge in [0.1, 0.15) is 11.9 Å². The molecule has 0 saturated carbocycles. The smallest absolute Gasteiger partial charge is 0.241 e. The molecule has 33 heavy (non-hydrogen) atoms. The Labute approximate surface area is 193 Å². The Kier molecular flexibility index (Phi) is 7.14. The Morgan fingerprint density at radius 1 is 1.15 bits per heavy atom. The summed E-state index contributed by atoms with van der Waals surface area (Å²) in [6, 6.07) is 13.4. The van der Waals surface area contributed by atoms with E-state index in [0.29, 0.717) is 18.8 Å². The molecule has 0 unspecified atom stereocenters. The molecular weight excluding hydrogens is 444 g/mol. The third-order valence-corrected chi connectivity index (χ3v) is 7.46. The molecule has 176 valence electrons. The number of amides is 1. The fourth-order valence-corrected chi connectivity index (χ4v) is 5.34. The number of nitrogens with one attached hydrogen (secondary N) is 1. The molecule has 2 aliphatic rings. The summed E-state index contributed by atoms with van der Waals surface area (Å²) < 4.78 is 39.0. The number of nitrogens with zero attached hydrogens (tertiary/aromatic N) is 1. The molecule has 0 spiro atoms. The molecule has 2 aliphatic heterocycles. The summed E-state index contributed by atoms with van der Waals surface area (Å²) in [5.74, 6) is 0.515. The van der Waals surface area contributed by atoms with E-state index in [1.165, 1.54) is 24.8 Å². The van der Waals surface area contributed by atoms with Crippen molar-refractivity contribution in [1.29, 1.82) is 0 Å². The molecule has 0 bridgehead atoms. The molecule has 4 rings (SSSR count). The molecule has 2 aromatic carbocycles. The molecule has 2 heterocycles. The van der Waals surface area contributed by atoms with Gasteiger partial charge in [-0.15, -0.1) is 0 Å². The third kappa shape index (κ3) is 5.44. The Balaban J connectivity index is 1.39. The summed E-state index contributed by atoms with van der Waals surface area (Å²) in [4.78, 5) is 14.7. The monoisotopic (exact) mass is 472 g/mol. The molecule has 2 aromatic rings. The van der Waals surface area contributed by atoms with E-state index in [9.17, 15) is 18.3 Å². The number of sulfonamides is 1. The van der Waals surface area contributed by atoms with Gasteiger partial charge in [-0.05, 0) is 41.8 Å². The van der Waals surface area contributed by atoms with Gasteiger partial charge in [0.2, 0.25) is 15.9 Å². The van der Waals surface area contributed by atoms with Crippen molar-refractivity contribution in [3.8, 4) is 5.75 Å². The second-order valence-electron chi connectivity index (χ2n) is 8.14. The fraction of sp³-hybridized carbons (Fsp3) is 0.375. The minimum Gasteiger partial charge on any atom is -0.497 e. The highest BCUT2D eigenvalue weighted by atomic mass is 32.2. The van der Waals surface area contributed by atoms with Crippen LogP contribution in [0.3, 0.4) is 0 Å². The second kappa shape index (κ2) is 10.0. The predicted molar refractivity (Wildman–Crippen MR) is 122 cm³/mol.